The van der Waals surface area contributed by atoms with E-state index in [1.54, 1.807) is 55.9 Å². The van der Waals surface area contributed by atoms with E-state index in [1.165, 1.54) is 12.3 Å². The summed E-state index contributed by atoms with van der Waals surface area (Å²) in [4.78, 5) is 15.0. The number of halogens is 2. The van der Waals surface area contributed by atoms with E-state index in [4.69, 9.17) is 4.74 Å². The van der Waals surface area contributed by atoms with Gasteiger partial charge in [-0.05, 0) is 42.8 Å². The average molecular weight is 473 g/mol. The summed E-state index contributed by atoms with van der Waals surface area (Å²) in [6, 6.07) is 9.55. The van der Waals surface area contributed by atoms with E-state index >= 15 is 0 Å². The first-order chi connectivity index (χ1) is 15.6. The van der Waals surface area contributed by atoms with Gasteiger partial charge in [-0.3, -0.25) is 4.79 Å². The quantitative estimate of drug-likeness (QED) is 0.423. The topological polar surface area (TPSA) is 81.2 Å². The highest BCUT2D eigenvalue weighted by Crippen LogP contribution is 2.40. The number of fused-ring (bicyclic) bond motifs is 1. The van der Waals surface area contributed by atoms with E-state index in [2.05, 4.69) is 4.98 Å². The number of benzene rings is 2. The second-order valence-electron chi connectivity index (χ2n) is 7.75. The summed E-state index contributed by atoms with van der Waals surface area (Å²) >= 11 is 0. The Morgan fingerprint density at radius 3 is 2.48 bits per heavy atom. The summed E-state index contributed by atoms with van der Waals surface area (Å²) in [5.41, 5.74) is 1.75. The molecule has 2 aromatic carbocycles. The van der Waals surface area contributed by atoms with Crippen molar-refractivity contribution in [2.75, 3.05) is 5.75 Å². The summed E-state index contributed by atoms with van der Waals surface area (Å²) in [6.45, 7) is 3.18. The molecule has 4 aromatic rings. The molecule has 172 valence electrons. The van der Waals surface area contributed by atoms with E-state index in [1.807, 2.05) is 0 Å². The number of H-pyrrole nitrogens is 1. The van der Waals surface area contributed by atoms with Crippen LogP contribution >= 0.6 is 0 Å². The fourth-order valence-electron chi connectivity index (χ4n) is 3.81. The van der Waals surface area contributed by atoms with Crippen molar-refractivity contribution in [3.63, 3.8) is 0 Å². The first kappa shape index (κ1) is 22.7. The van der Waals surface area contributed by atoms with Crippen molar-refractivity contribution in [1.82, 2.24) is 9.55 Å². The van der Waals surface area contributed by atoms with Crippen molar-refractivity contribution in [1.29, 1.82) is 0 Å². The molecular weight excluding hydrogens is 450 g/mol. The van der Waals surface area contributed by atoms with Crippen molar-refractivity contribution in [3.8, 4) is 22.6 Å². The van der Waals surface area contributed by atoms with E-state index in [0.29, 0.717) is 27.6 Å². The number of sulfone groups is 1. The summed E-state index contributed by atoms with van der Waals surface area (Å²) in [5, 5.41) is -0.162. The van der Waals surface area contributed by atoms with Gasteiger partial charge in [-0.25, -0.2) is 17.2 Å². The largest absolute Gasteiger partial charge is 0.454 e. The molecule has 0 aliphatic rings. The number of ether oxygens (including phenoxy) is 1. The standard InChI is InChI=1S/C24H22F2N2O4S/c1-4-33(30,31)14(2)15-5-7-21(32-22-8-6-16(25)12-20(22)26)18(11-15)19-13-28(3)23-17(19)9-10-27-24(23)29/h5-14H,4H2,1-3H3,(H,27,29). The highest BCUT2D eigenvalue weighted by atomic mass is 32.2. The number of aromatic nitrogens is 2. The van der Waals surface area contributed by atoms with Gasteiger partial charge in [-0.1, -0.05) is 13.0 Å². The predicted octanol–water partition coefficient (Wildman–Crippen LogP) is 5.10. The molecule has 0 saturated heterocycles. The molecule has 33 heavy (non-hydrogen) atoms. The van der Waals surface area contributed by atoms with Crippen molar-refractivity contribution in [2.45, 2.75) is 19.1 Å². The maximum atomic E-state index is 14.3. The van der Waals surface area contributed by atoms with Gasteiger partial charge in [-0.2, -0.15) is 0 Å². The van der Waals surface area contributed by atoms with E-state index in [9.17, 15) is 22.0 Å². The van der Waals surface area contributed by atoms with E-state index in [-0.39, 0.29) is 22.8 Å². The van der Waals surface area contributed by atoms with Crippen LogP contribution in [0.25, 0.3) is 22.0 Å². The summed E-state index contributed by atoms with van der Waals surface area (Å²) < 4.78 is 60.1. The number of pyridine rings is 1. The van der Waals surface area contributed by atoms with Gasteiger partial charge < -0.3 is 14.3 Å². The molecule has 0 spiro atoms. The average Bonchev–Trinajstić information content (AvgIpc) is 3.13. The molecule has 1 N–H and O–H groups in total. The van der Waals surface area contributed by atoms with Crippen LogP contribution in [0.5, 0.6) is 11.5 Å². The minimum atomic E-state index is -3.38. The lowest BCUT2D eigenvalue weighted by Gasteiger charge is -2.17. The maximum absolute atomic E-state index is 14.3. The fourth-order valence-corrected chi connectivity index (χ4v) is 4.88. The first-order valence-electron chi connectivity index (χ1n) is 10.3. The van der Waals surface area contributed by atoms with Crippen LogP contribution in [-0.2, 0) is 16.9 Å². The Balaban J connectivity index is 1.95. The van der Waals surface area contributed by atoms with Crippen LogP contribution in [0, 0.1) is 11.6 Å². The Morgan fingerprint density at radius 1 is 1.06 bits per heavy atom. The summed E-state index contributed by atoms with van der Waals surface area (Å²) in [5.74, 6) is -1.58. The Labute approximate surface area is 189 Å². The van der Waals surface area contributed by atoms with Gasteiger partial charge >= 0.3 is 0 Å². The summed E-state index contributed by atoms with van der Waals surface area (Å²) in [7, 11) is -1.66. The van der Waals surface area contributed by atoms with Crippen LogP contribution in [0.1, 0.15) is 24.7 Å². The third-order valence-electron chi connectivity index (χ3n) is 5.72. The summed E-state index contributed by atoms with van der Waals surface area (Å²) in [6.07, 6.45) is 3.24. The van der Waals surface area contributed by atoms with Crippen LogP contribution in [0.3, 0.4) is 0 Å². The molecule has 1 unspecified atom stereocenters. The molecule has 6 nitrogen and oxygen atoms in total. The Hall–Kier alpha value is -3.46. The fraction of sp³-hybridized carbons (Fsp3) is 0.208. The second-order valence-corrected chi connectivity index (χ2v) is 10.4. The van der Waals surface area contributed by atoms with Crippen LogP contribution in [0.4, 0.5) is 8.78 Å². The number of rotatable bonds is 6. The molecule has 2 aromatic heterocycles. The van der Waals surface area contributed by atoms with Crippen molar-refractivity contribution >= 4 is 20.7 Å². The molecule has 0 amide bonds. The Morgan fingerprint density at radius 2 is 1.79 bits per heavy atom. The SMILES string of the molecule is CCS(=O)(=O)C(C)c1ccc(Oc2ccc(F)cc2F)c(-c2cn(C)c3c(=O)[nH]ccc23)c1. The van der Waals surface area contributed by atoms with Crippen LogP contribution < -0.4 is 10.3 Å². The van der Waals surface area contributed by atoms with Gasteiger partial charge in [0, 0.05) is 47.8 Å². The minimum Gasteiger partial charge on any atom is -0.454 e. The number of aryl methyl sites for hydroxylation is 1. The lowest BCUT2D eigenvalue weighted by Crippen LogP contribution is -2.12. The van der Waals surface area contributed by atoms with Crippen molar-refractivity contribution in [3.05, 3.63) is 82.4 Å². The maximum Gasteiger partial charge on any atom is 0.272 e. The normalized spacial score (nSPS) is 12.8. The molecule has 0 fully saturated rings. The molecule has 4 rings (SSSR count). The molecule has 0 aliphatic heterocycles. The lowest BCUT2D eigenvalue weighted by atomic mass is 10.0. The first-order valence-corrected chi connectivity index (χ1v) is 12.0. The minimum absolute atomic E-state index is 0.0216. The van der Waals surface area contributed by atoms with Gasteiger partial charge in [-0.15, -0.1) is 0 Å². The Bertz CT molecular complexity index is 1520. The molecule has 2 heterocycles. The third kappa shape index (κ3) is 4.16. The molecular formula is C24H22F2N2O4S. The van der Waals surface area contributed by atoms with Gasteiger partial charge in [0.05, 0.1) is 5.25 Å². The van der Waals surface area contributed by atoms with E-state index in [0.717, 1.165) is 12.1 Å². The third-order valence-corrected chi connectivity index (χ3v) is 7.87. The number of nitrogens with zero attached hydrogens (tertiary/aromatic N) is 1. The molecule has 1 atom stereocenters. The Kier molecular flexibility index (Phi) is 5.84. The smallest absolute Gasteiger partial charge is 0.272 e. The van der Waals surface area contributed by atoms with Gasteiger partial charge in [0.15, 0.2) is 21.4 Å². The number of hydrogen-bond acceptors (Lipinski definition) is 4. The van der Waals surface area contributed by atoms with Gasteiger partial charge in [0.25, 0.3) is 5.56 Å². The molecule has 0 saturated carbocycles. The molecule has 0 aliphatic carbocycles. The number of hydrogen-bond donors (Lipinski definition) is 1. The molecule has 0 bridgehead atoms. The number of aromatic amines is 1. The lowest BCUT2D eigenvalue weighted by molar-refractivity contribution is 0.439. The highest BCUT2D eigenvalue weighted by molar-refractivity contribution is 7.91. The van der Waals surface area contributed by atoms with Gasteiger partial charge in [0.2, 0.25) is 0 Å². The van der Waals surface area contributed by atoms with Crippen molar-refractivity contribution in [2.24, 2.45) is 7.05 Å². The number of nitrogens with one attached hydrogen (secondary N) is 1. The zero-order chi connectivity index (χ0) is 23.9. The predicted molar refractivity (Wildman–Crippen MR) is 123 cm³/mol. The van der Waals surface area contributed by atoms with Crippen LogP contribution in [0.2, 0.25) is 0 Å². The monoisotopic (exact) mass is 472 g/mol. The highest BCUT2D eigenvalue weighted by Gasteiger charge is 2.24. The van der Waals surface area contributed by atoms with Crippen LogP contribution in [-0.4, -0.2) is 23.7 Å². The van der Waals surface area contributed by atoms with Crippen molar-refractivity contribution < 1.29 is 21.9 Å². The zero-order valence-electron chi connectivity index (χ0n) is 18.2. The molecule has 0 radical (unpaired) electrons. The van der Waals surface area contributed by atoms with Crippen LogP contribution in [0.15, 0.2) is 59.7 Å². The zero-order valence-corrected chi connectivity index (χ0v) is 19.0. The second kappa shape index (κ2) is 8.47. The molecule has 9 heteroatoms. The van der Waals surface area contributed by atoms with E-state index < -0.39 is 26.7 Å². The van der Waals surface area contributed by atoms with Gasteiger partial charge in [0.1, 0.15) is 17.1 Å².